The third-order valence-electron chi connectivity index (χ3n) is 5.74. The minimum absolute atomic E-state index is 0.0103. The number of likely N-dealkylation sites (tertiary alicyclic amines) is 1. The summed E-state index contributed by atoms with van der Waals surface area (Å²) >= 11 is 0. The average Bonchev–Trinajstić information content (AvgIpc) is 3.08. The topological polar surface area (TPSA) is 73.0 Å². The monoisotopic (exact) mass is 364 g/mol. The van der Waals surface area contributed by atoms with Crippen LogP contribution in [0.5, 0.6) is 0 Å². The van der Waals surface area contributed by atoms with Crippen LogP contribution in [0.15, 0.2) is 0 Å². The minimum atomic E-state index is -0.385. The molecule has 0 atom stereocenters. The van der Waals surface area contributed by atoms with Gasteiger partial charge in [-0.15, -0.1) is 0 Å². The van der Waals surface area contributed by atoms with Crippen LogP contribution in [0.2, 0.25) is 0 Å². The van der Waals surface area contributed by atoms with Crippen LogP contribution < -0.4 is 5.32 Å². The Morgan fingerprint density at radius 2 is 1.62 bits per heavy atom. The molecule has 0 unspecified atom stereocenters. The SMILES string of the molecule is CC(C)(C)NC(=O)CN1CCN(CN2C(=O)CC3(CCCC3)C2=O)CC1. The molecule has 146 valence electrons. The standard InChI is InChI=1S/C19H32N4O3/c1-18(2,3)20-15(24)13-21-8-10-22(11-9-21)14-23-16(25)12-19(17(23)26)6-4-5-7-19/h4-14H2,1-3H3,(H,20,24). The van der Waals surface area contributed by atoms with Crippen molar-refractivity contribution >= 4 is 17.7 Å². The molecule has 0 bridgehead atoms. The smallest absolute Gasteiger partial charge is 0.237 e. The second-order valence-electron chi connectivity index (χ2n) is 9.12. The molecule has 1 N–H and O–H groups in total. The van der Waals surface area contributed by atoms with Crippen molar-refractivity contribution < 1.29 is 14.4 Å². The van der Waals surface area contributed by atoms with Gasteiger partial charge in [-0.1, -0.05) is 12.8 Å². The van der Waals surface area contributed by atoms with E-state index >= 15 is 0 Å². The van der Waals surface area contributed by atoms with Crippen molar-refractivity contribution in [2.24, 2.45) is 5.41 Å². The summed E-state index contributed by atoms with van der Waals surface area (Å²) in [5, 5.41) is 2.98. The molecule has 26 heavy (non-hydrogen) atoms. The van der Waals surface area contributed by atoms with E-state index in [1.165, 1.54) is 4.90 Å². The summed E-state index contributed by atoms with van der Waals surface area (Å²) < 4.78 is 0. The highest BCUT2D eigenvalue weighted by Crippen LogP contribution is 2.46. The van der Waals surface area contributed by atoms with Gasteiger partial charge < -0.3 is 5.32 Å². The van der Waals surface area contributed by atoms with E-state index in [1.54, 1.807) is 0 Å². The summed E-state index contributed by atoms with van der Waals surface area (Å²) in [5.74, 6) is 0.0786. The highest BCUT2D eigenvalue weighted by atomic mass is 16.2. The molecule has 2 aliphatic heterocycles. The van der Waals surface area contributed by atoms with Gasteiger partial charge in [0.1, 0.15) is 0 Å². The summed E-state index contributed by atoms with van der Waals surface area (Å²) in [6.45, 7) is 9.83. The highest BCUT2D eigenvalue weighted by Gasteiger charge is 2.52. The second-order valence-corrected chi connectivity index (χ2v) is 9.12. The van der Waals surface area contributed by atoms with E-state index in [0.717, 1.165) is 51.9 Å². The average molecular weight is 364 g/mol. The Bertz CT molecular complexity index is 570. The van der Waals surface area contributed by atoms with Gasteiger partial charge in [-0.2, -0.15) is 0 Å². The summed E-state index contributed by atoms with van der Waals surface area (Å²) in [7, 11) is 0. The summed E-state index contributed by atoms with van der Waals surface area (Å²) in [6.07, 6.45) is 4.25. The number of carbonyl (C=O) groups is 3. The Balaban J connectivity index is 1.46. The van der Waals surface area contributed by atoms with Gasteiger partial charge in [0.15, 0.2) is 0 Å². The van der Waals surface area contributed by atoms with Crippen molar-refractivity contribution in [1.82, 2.24) is 20.0 Å². The third-order valence-corrected chi connectivity index (χ3v) is 5.74. The molecular weight excluding hydrogens is 332 g/mol. The van der Waals surface area contributed by atoms with Gasteiger partial charge in [-0.05, 0) is 33.6 Å². The molecule has 3 amide bonds. The summed E-state index contributed by atoms with van der Waals surface area (Å²) in [5.41, 5.74) is -0.602. The maximum atomic E-state index is 12.8. The molecule has 0 aromatic carbocycles. The van der Waals surface area contributed by atoms with Gasteiger partial charge in [0.25, 0.3) is 0 Å². The van der Waals surface area contributed by atoms with E-state index in [4.69, 9.17) is 0 Å². The Hall–Kier alpha value is -1.47. The number of amides is 3. The first kappa shape index (κ1) is 19.3. The zero-order chi connectivity index (χ0) is 18.9. The van der Waals surface area contributed by atoms with Crippen molar-refractivity contribution in [3.8, 4) is 0 Å². The molecule has 3 fully saturated rings. The van der Waals surface area contributed by atoms with Crippen molar-refractivity contribution in [3.05, 3.63) is 0 Å². The van der Waals surface area contributed by atoms with E-state index < -0.39 is 0 Å². The quantitative estimate of drug-likeness (QED) is 0.747. The van der Waals surface area contributed by atoms with Gasteiger partial charge in [0.05, 0.1) is 18.6 Å². The van der Waals surface area contributed by atoms with Gasteiger partial charge >= 0.3 is 0 Å². The first-order chi connectivity index (χ1) is 12.2. The lowest BCUT2D eigenvalue weighted by atomic mass is 9.85. The van der Waals surface area contributed by atoms with Crippen LogP contribution in [-0.4, -0.2) is 77.4 Å². The number of carbonyl (C=O) groups excluding carboxylic acids is 3. The van der Waals surface area contributed by atoms with Crippen LogP contribution in [0.1, 0.15) is 52.9 Å². The molecular formula is C19H32N4O3. The molecule has 1 spiro atoms. The fraction of sp³-hybridized carbons (Fsp3) is 0.842. The molecule has 3 rings (SSSR count). The number of piperazine rings is 1. The van der Waals surface area contributed by atoms with Gasteiger partial charge in [0.2, 0.25) is 17.7 Å². The zero-order valence-electron chi connectivity index (χ0n) is 16.3. The molecule has 1 aliphatic carbocycles. The first-order valence-corrected chi connectivity index (χ1v) is 9.79. The Morgan fingerprint density at radius 3 is 2.19 bits per heavy atom. The fourth-order valence-electron chi connectivity index (χ4n) is 4.40. The fourth-order valence-corrected chi connectivity index (χ4v) is 4.40. The van der Waals surface area contributed by atoms with Gasteiger partial charge in [0, 0.05) is 38.1 Å². The Morgan fingerprint density at radius 1 is 1.04 bits per heavy atom. The van der Waals surface area contributed by atoms with Crippen LogP contribution in [0.3, 0.4) is 0 Å². The van der Waals surface area contributed by atoms with Crippen molar-refractivity contribution in [3.63, 3.8) is 0 Å². The molecule has 1 saturated carbocycles. The van der Waals surface area contributed by atoms with Crippen LogP contribution in [0, 0.1) is 5.41 Å². The summed E-state index contributed by atoms with van der Waals surface area (Å²) in [6, 6.07) is 0. The molecule has 7 nitrogen and oxygen atoms in total. The van der Waals surface area contributed by atoms with E-state index in [1.807, 2.05) is 20.8 Å². The predicted octanol–water partition coefficient (Wildman–Crippen LogP) is 0.796. The predicted molar refractivity (Wildman–Crippen MR) is 98.1 cm³/mol. The van der Waals surface area contributed by atoms with Crippen molar-refractivity contribution in [2.45, 2.75) is 58.4 Å². The number of rotatable bonds is 4. The maximum absolute atomic E-state index is 12.8. The van der Waals surface area contributed by atoms with Gasteiger partial charge in [-0.3, -0.25) is 29.1 Å². The molecule has 0 aromatic rings. The molecule has 0 aromatic heterocycles. The second kappa shape index (κ2) is 7.27. The van der Waals surface area contributed by atoms with Crippen LogP contribution >= 0.6 is 0 Å². The van der Waals surface area contributed by atoms with Crippen molar-refractivity contribution in [1.29, 1.82) is 0 Å². The molecule has 3 aliphatic rings. The Labute approximate surface area is 156 Å². The van der Waals surface area contributed by atoms with Crippen LogP contribution in [0.4, 0.5) is 0 Å². The number of hydrogen-bond acceptors (Lipinski definition) is 5. The summed E-state index contributed by atoms with van der Waals surface area (Å²) in [4.78, 5) is 43.0. The molecule has 2 heterocycles. The first-order valence-electron chi connectivity index (χ1n) is 9.79. The zero-order valence-corrected chi connectivity index (χ0v) is 16.3. The third kappa shape index (κ3) is 4.26. The number of nitrogens with zero attached hydrogens (tertiary/aromatic N) is 3. The largest absolute Gasteiger partial charge is 0.350 e. The minimum Gasteiger partial charge on any atom is -0.350 e. The number of nitrogens with one attached hydrogen (secondary N) is 1. The molecule has 7 heteroatoms. The molecule has 0 radical (unpaired) electrons. The van der Waals surface area contributed by atoms with E-state index in [0.29, 0.717) is 19.6 Å². The lowest BCUT2D eigenvalue weighted by molar-refractivity contribution is -0.144. The lowest BCUT2D eigenvalue weighted by Gasteiger charge is -2.36. The van der Waals surface area contributed by atoms with E-state index in [-0.39, 0.29) is 28.7 Å². The van der Waals surface area contributed by atoms with E-state index in [2.05, 4.69) is 15.1 Å². The molecule has 2 saturated heterocycles. The van der Waals surface area contributed by atoms with Crippen LogP contribution in [-0.2, 0) is 14.4 Å². The number of hydrogen-bond donors (Lipinski definition) is 1. The number of imide groups is 1. The maximum Gasteiger partial charge on any atom is 0.237 e. The van der Waals surface area contributed by atoms with Gasteiger partial charge in [-0.25, -0.2) is 0 Å². The lowest BCUT2D eigenvalue weighted by Crippen LogP contribution is -2.54. The normalized spacial score (nSPS) is 24.7. The Kier molecular flexibility index (Phi) is 5.40. The highest BCUT2D eigenvalue weighted by molar-refractivity contribution is 6.06. The van der Waals surface area contributed by atoms with E-state index in [9.17, 15) is 14.4 Å². The van der Waals surface area contributed by atoms with Crippen LogP contribution in [0.25, 0.3) is 0 Å². The van der Waals surface area contributed by atoms with Crippen molar-refractivity contribution in [2.75, 3.05) is 39.4 Å².